The fourth-order valence-electron chi connectivity index (χ4n) is 5.36. The molecule has 0 radical (unpaired) electrons. The second-order valence-corrected chi connectivity index (χ2v) is 9.13. The topological polar surface area (TPSA) is 37.6 Å². The van der Waals surface area contributed by atoms with Crippen LogP contribution in [0.3, 0.4) is 0 Å². The van der Waals surface area contributed by atoms with Gasteiger partial charge in [-0.05, 0) is 55.6 Å². The van der Waals surface area contributed by atoms with Crippen LogP contribution in [0.4, 0.5) is 0 Å². The van der Waals surface area contributed by atoms with E-state index in [1.54, 1.807) is 0 Å². The summed E-state index contributed by atoms with van der Waals surface area (Å²) in [6.45, 7) is 11.9. The van der Waals surface area contributed by atoms with Gasteiger partial charge in [0.05, 0.1) is 5.69 Å². The molecule has 2 unspecified atom stereocenters. The van der Waals surface area contributed by atoms with E-state index in [1.807, 2.05) is 29.7 Å². The lowest BCUT2D eigenvalue weighted by molar-refractivity contribution is 0.0700. The number of aryl methyl sites for hydroxylation is 2. The van der Waals surface area contributed by atoms with Crippen molar-refractivity contribution in [3.8, 4) is 0 Å². The maximum atomic E-state index is 13.4. The summed E-state index contributed by atoms with van der Waals surface area (Å²) >= 11 is 0. The van der Waals surface area contributed by atoms with Gasteiger partial charge in [0.15, 0.2) is 0 Å². The maximum absolute atomic E-state index is 13.4. The minimum Gasteiger partial charge on any atom is -0.334 e. The van der Waals surface area contributed by atoms with Gasteiger partial charge in [0.25, 0.3) is 5.91 Å². The predicted molar refractivity (Wildman–Crippen MR) is 95.2 cm³/mol. The van der Waals surface area contributed by atoms with Gasteiger partial charge in [0.2, 0.25) is 0 Å². The zero-order valence-electron chi connectivity index (χ0n) is 15.4. The highest BCUT2D eigenvalue weighted by atomic mass is 16.2. The zero-order chi connectivity index (χ0) is 17.3. The third-order valence-electron chi connectivity index (χ3n) is 5.82. The number of nitrogens with zero attached hydrogens (tertiary/aromatic N) is 3. The van der Waals surface area contributed by atoms with Crippen molar-refractivity contribution in [2.75, 3.05) is 6.54 Å². The highest BCUT2D eigenvalue weighted by Gasteiger charge is 2.51. The quantitative estimate of drug-likeness (QED) is 0.795. The Morgan fingerprint density at radius 1 is 1.21 bits per heavy atom. The van der Waals surface area contributed by atoms with Gasteiger partial charge in [0, 0.05) is 18.8 Å². The molecule has 3 heterocycles. The molecule has 1 amide bonds. The van der Waals surface area contributed by atoms with E-state index >= 15 is 0 Å². The van der Waals surface area contributed by atoms with E-state index in [0.29, 0.717) is 11.5 Å². The van der Waals surface area contributed by atoms with Crippen LogP contribution in [0.1, 0.15) is 61.8 Å². The highest BCUT2D eigenvalue weighted by Crippen LogP contribution is 2.52. The lowest BCUT2D eigenvalue weighted by atomic mass is 9.65. The Labute approximate surface area is 143 Å². The Morgan fingerprint density at radius 3 is 2.71 bits per heavy atom. The molecule has 1 saturated heterocycles. The molecular weight excluding hydrogens is 298 g/mol. The van der Waals surface area contributed by atoms with E-state index in [1.165, 1.54) is 6.42 Å². The number of rotatable bonds is 1. The van der Waals surface area contributed by atoms with Gasteiger partial charge in [-0.25, -0.2) is 4.98 Å². The molecule has 4 nitrogen and oxygen atoms in total. The van der Waals surface area contributed by atoms with Crippen LogP contribution in [0, 0.1) is 24.7 Å². The molecular formula is C20H27N3O. The fraction of sp³-hybridized carbons (Fsp3) is 0.600. The monoisotopic (exact) mass is 325 g/mol. The van der Waals surface area contributed by atoms with Crippen molar-refractivity contribution in [1.29, 1.82) is 0 Å². The molecule has 0 N–H and O–H groups in total. The minimum absolute atomic E-state index is 0.150. The van der Waals surface area contributed by atoms with E-state index < -0.39 is 0 Å². The fourth-order valence-corrected chi connectivity index (χ4v) is 5.36. The van der Waals surface area contributed by atoms with Crippen LogP contribution in [-0.4, -0.2) is 32.8 Å². The van der Waals surface area contributed by atoms with E-state index in [4.69, 9.17) is 0 Å². The SMILES string of the molecule is Cc1ccc2nc(C)c(C(=O)N3CC4(C)CC3CC(C)(C)C4)n2c1. The molecule has 2 aromatic heterocycles. The molecule has 2 aliphatic rings. The summed E-state index contributed by atoms with van der Waals surface area (Å²) in [4.78, 5) is 20.1. The number of fused-ring (bicyclic) bond motifs is 3. The first-order valence-corrected chi connectivity index (χ1v) is 8.94. The summed E-state index contributed by atoms with van der Waals surface area (Å²) in [7, 11) is 0. The van der Waals surface area contributed by atoms with Gasteiger partial charge >= 0.3 is 0 Å². The molecule has 2 fully saturated rings. The first-order valence-electron chi connectivity index (χ1n) is 8.94. The standard InChI is InChI=1S/C20H27N3O/c1-13-6-7-16-21-14(2)17(22(16)10-13)18(24)23-12-20(5)9-15(23)8-19(3,4)11-20/h6-7,10,15H,8-9,11-12H2,1-5H3. The Hall–Kier alpha value is -1.84. The van der Waals surface area contributed by atoms with E-state index in [2.05, 4.69) is 37.6 Å². The third-order valence-corrected chi connectivity index (χ3v) is 5.82. The van der Waals surface area contributed by atoms with Gasteiger partial charge in [0.1, 0.15) is 11.3 Å². The molecule has 128 valence electrons. The minimum atomic E-state index is 0.150. The van der Waals surface area contributed by atoms with Gasteiger partial charge < -0.3 is 4.90 Å². The van der Waals surface area contributed by atoms with Gasteiger partial charge in [-0.15, -0.1) is 0 Å². The summed E-state index contributed by atoms with van der Waals surface area (Å²) in [5.74, 6) is 0.150. The van der Waals surface area contributed by atoms with Crippen LogP contribution >= 0.6 is 0 Å². The third kappa shape index (κ3) is 2.35. The Bertz CT molecular complexity index is 835. The van der Waals surface area contributed by atoms with Gasteiger partial charge in [-0.1, -0.05) is 26.8 Å². The van der Waals surface area contributed by atoms with Crippen LogP contribution in [0.15, 0.2) is 18.3 Å². The molecule has 2 bridgehead atoms. The Balaban J connectivity index is 1.75. The zero-order valence-corrected chi connectivity index (χ0v) is 15.4. The number of carbonyl (C=O) groups is 1. The molecule has 1 saturated carbocycles. The van der Waals surface area contributed by atoms with Crippen molar-refractivity contribution in [1.82, 2.24) is 14.3 Å². The van der Waals surface area contributed by atoms with Crippen molar-refractivity contribution in [3.63, 3.8) is 0 Å². The van der Waals surface area contributed by atoms with Gasteiger partial charge in [-0.2, -0.15) is 0 Å². The number of amides is 1. The summed E-state index contributed by atoms with van der Waals surface area (Å²) in [5.41, 5.74) is 4.14. The summed E-state index contributed by atoms with van der Waals surface area (Å²) in [6.07, 6.45) is 5.46. The number of pyridine rings is 1. The molecule has 24 heavy (non-hydrogen) atoms. The van der Waals surface area contributed by atoms with Crippen LogP contribution < -0.4 is 0 Å². The smallest absolute Gasteiger partial charge is 0.273 e. The van der Waals surface area contributed by atoms with Crippen LogP contribution in [-0.2, 0) is 0 Å². The second-order valence-electron chi connectivity index (χ2n) is 9.13. The number of aromatic nitrogens is 2. The molecule has 4 rings (SSSR count). The maximum Gasteiger partial charge on any atom is 0.273 e. The average molecular weight is 325 g/mol. The molecule has 0 spiro atoms. The van der Waals surface area contributed by atoms with E-state index in [9.17, 15) is 4.79 Å². The lowest BCUT2D eigenvalue weighted by Crippen LogP contribution is -2.38. The summed E-state index contributed by atoms with van der Waals surface area (Å²) in [5, 5.41) is 0. The lowest BCUT2D eigenvalue weighted by Gasteiger charge is -2.39. The van der Waals surface area contributed by atoms with Crippen molar-refractivity contribution in [2.24, 2.45) is 10.8 Å². The molecule has 0 aromatic carbocycles. The first-order chi connectivity index (χ1) is 11.2. The van der Waals surface area contributed by atoms with E-state index in [0.717, 1.165) is 42.0 Å². The largest absolute Gasteiger partial charge is 0.334 e. The summed E-state index contributed by atoms with van der Waals surface area (Å²) < 4.78 is 1.97. The van der Waals surface area contributed by atoms with Crippen molar-refractivity contribution >= 4 is 11.6 Å². The molecule has 1 aliphatic heterocycles. The predicted octanol–water partition coefficient (Wildman–Crippen LogP) is 3.99. The Morgan fingerprint density at radius 2 is 1.96 bits per heavy atom. The molecule has 1 aliphatic carbocycles. The number of carbonyl (C=O) groups excluding carboxylic acids is 1. The molecule has 4 heteroatoms. The second kappa shape index (κ2) is 4.84. The van der Waals surface area contributed by atoms with Crippen LogP contribution in [0.25, 0.3) is 5.65 Å². The molecule has 2 aromatic rings. The van der Waals surface area contributed by atoms with Gasteiger partial charge in [-0.3, -0.25) is 9.20 Å². The summed E-state index contributed by atoms with van der Waals surface area (Å²) in [6, 6.07) is 4.40. The number of hydrogen-bond donors (Lipinski definition) is 0. The Kier molecular flexibility index (Phi) is 3.16. The normalized spacial score (nSPS) is 28.5. The van der Waals surface area contributed by atoms with Crippen molar-refractivity contribution in [2.45, 2.75) is 59.9 Å². The van der Waals surface area contributed by atoms with Crippen LogP contribution in [0.2, 0.25) is 0 Å². The van der Waals surface area contributed by atoms with Crippen LogP contribution in [0.5, 0.6) is 0 Å². The number of hydrogen-bond acceptors (Lipinski definition) is 2. The number of imidazole rings is 1. The molecule has 2 atom stereocenters. The van der Waals surface area contributed by atoms with E-state index in [-0.39, 0.29) is 11.3 Å². The highest BCUT2D eigenvalue weighted by molar-refractivity contribution is 5.95. The number of likely N-dealkylation sites (tertiary alicyclic amines) is 1. The average Bonchev–Trinajstić information content (AvgIpc) is 2.89. The van der Waals surface area contributed by atoms with Crippen molar-refractivity contribution in [3.05, 3.63) is 35.3 Å². The first kappa shape index (κ1) is 15.7. The van der Waals surface area contributed by atoms with Crippen molar-refractivity contribution < 1.29 is 4.79 Å².